The van der Waals surface area contributed by atoms with Gasteiger partial charge in [-0.25, -0.2) is 4.98 Å². The lowest BCUT2D eigenvalue weighted by molar-refractivity contribution is 0.175. The number of hydrogen-bond acceptors (Lipinski definition) is 4. The van der Waals surface area contributed by atoms with Crippen LogP contribution in [0.4, 0.5) is 5.82 Å². The summed E-state index contributed by atoms with van der Waals surface area (Å²) in [6.45, 7) is 13.8. The number of rotatable bonds is 3. The minimum absolute atomic E-state index is 0.538. The van der Waals surface area contributed by atoms with Gasteiger partial charge in [0, 0.05) is 43.0 Å². The van der Waals surface area contributed by atoms with Crippen molar-refractivity contribution in [2.75, 3.05) is 11.4 Å². The van der Waals surface area contributed by atoms with Gasteiger partial charge in [-0.1, -0.05) is 33.1 Å². The van der Waals surface area contributed by atoms with Crippen LogP contribution in [-0.2, 0) is 0 Å². The van der Waals surface area contributed by atoms with Crippen LogP contribution < -0.4 is 10.2 Å². The zero-order chi connectivity index (χ0) is 17.6. The molecule has 3 saturated heterocycles. The Morgan fingerprint density at radius 1 is 1.12 bits per heavy atom. The Labute approximate surface area is 151 Å². The predicted molar refractivity (Wildman–Crippen MR) is 103 cm³/mol. The van der Waals surface area contributed by atoms with Crippen LogP contribution >= 0.6 is 0 Å². The van der Waals surface area contributed by atoms with E-state index < -0.39 is 0 Å². The molecule has 0 spiro atoms. The molecule has 0 aliphatic carbocycles. The highest BCUT2D eigenvalue weighted by Crippen LogP contribution is 2.41. The lowest BCUT2D eigenvalue weighted by Gasteiger charge is -2.46. The van der Waals surface area contributed by atoms with E-state index in [9.17, 15) is 0 Å². The highest BCUT2D eigenvalue weighted by atomic mass is 15.3. The lowest BCUT2D eigenvalue weighted by atomic mass is 9.95. The molecule has 3 aliphatic heterocycles. The second kappa shape index (κ2) is 6.40. The smallest absolute Gasteiger partial charge is 0.128 e. The molecule has 25 heavy (non-hydrogen) atoms. The quantitative estimate of drug-likeness (QED) is 0.903. The van der Waals surface area contributed by atoms with Crippen molar-refractivity contribution in [2.45, 2.75) is 70.0 Å². The number of nitrogens with zero attached hydrogens (tertiary/aromatic N) is 3. The summed E-state index contributed by atoms with van der Waals surface area (Å²) < 4.78 is 0. The van der Waals surface area contributed by atoms with Crippen LogP contribution in [0, 0.1) is 0 Å². The van der Waals surface area contributed by atoms with Crippen molar-refractivity contribution in [2.24, 2.45) is 0 Å². The topological polar surface area (TPSA) is 31.4 Å². The summed E-state index contributed by atoms with van der Waals surface area (Å²) in [5.74, 6) is 2.74. The summed E-state index contributed by atoms with van der Waals surface area (Å²) in [6, 6.07) is 6.29. The Bertz CT molecular complexity index is 649. The van der Waals surface area contributed by atoms with Crippen LogP contribution in [-0.4, -0.2) is 34.6 Å². The molecule has 4 heterocycles. The standard InChI is InChI=1S/C21H30N4/c1-14(2)17-5-8-21(22-13-17)25-18-6-7-19(25)12-20(11-18)24-10-9-15(3)23-16(24)4/h5,8,13-14,18-20,23H,3-4,6-7,9-12H2,1-2H3. The number of nitrogens with one attached hydrogen (secondary N) is 1. The van der Waals surface area contributed by atoms with E-state index in [0.29, 0.717) is 24.0 Å². The Morgan fingerprint density at radius 2 is 1.84 bits per heavy atom. The van der Waals surface area contributed by atoms with Gasteiger partial charge in [0.2, 0.25) is 0 Å². The SMILES string of the molecule is C=C1CCN(C2CC3CCC(C2)N3c2ccc(C(C)C)cn2)C(=C)N1. The maximum absolute atomic E-state index is 4.80. The third-order valence-corrected chi connectivity index (χ3v) is 6.17. The van der Waals surface area contributed by atoms with Gasteiger partial charge in [-0.05, 0) is 43.2 Å². The first-order valence-corrected chi connectivity index (χ1v) is 9.67. The minimum Gasteiger partial charge on any atom is -0.355 e. The molecule has 2 bridgehead atoms. The van der Waals surface area contributed by atoms with E-state index >= 15 is 0 Å². The van der Waals surface area contributed by atoms with E-state index in [2.05, 4.69) is 60.5 Å². The number of aromatic nitrogens is 1. The van der Waals surface area contributed by atoms with E-state index in [0.717, 1.165) is 24.5 Å². The first-order valence-electron chi connectivity index (χ1n) is 9.67. The molecular formula is C21H30N4. The molecule has 4 nitrogen and oxygen atoms in total. The van der Waals surface area contributed by atoms with Gasteiger partial charge >= 0.3 is 0 Å². The Balaban J connectivity index is 1.48. The summed E-state index contributed by atoms with van der Waals surface area (Å²) >= 11 is 0. The molecule has 3 fully saturated rings. The normalized spacial score (nSPS) is 29.3. The monoisotopic (exact) mass is 338 g/mol. The fraction of sp³-hybridized carbons (Fsp3) is 0.571. The van der Waals surface area contributed by atoms with Crippen LogP contribution in [0.2, 0.25) is 0 Å². The van der Waals surface area contributed by atoms with Crippen LogP contribution in [0.15, 0.2) is 43.0 Å². The van der Waals surface area contributed by atoms with Crippen molar-refractivity contribution < 1.29 is 0 Å². The van der Waals surface area contributed by atoms with E-state index in [4.69, 9.17) is 4.98 Å². The van der Waals surface area contributed by atoms with Gasteiger partial charge in [0.1, 0.15) is 5.82 Å². The molecule has 4 rings (SSSR count). The summed E-state index contributed by atoms with van der Waals surface area (Å²) in [7, 11) is 0. The zero-order valence-electron chi connectivity index (χ0n) is 15.5. The van der Waals surface area contributed by atoms with Crippen LogP contribution in [0.25, 0.3) is 0 Å². The minimum atomic E-state index is 0.538. The van der Waals surface area contributed by atoms with Gasteiger partial charge in [0.05, 0.1) is 5.82 Å². The fourth-order valence-corrected chi connectivity index (χ4v) is 4.80. The van der Waals surface area contributed by atoms with Crippen molar-refractivity contribution in [3.05, 3.63) is 48.6 Å². The van der Waals surface area contributed by atoms with E-state index in [-0.39, 0.29) is 0 Å². The van der Waals surface area contributed by atoms with Crippen molar-refractivity contribution in [1.29, 1.82) is 0 Å². The second-order valence-corrected chi connectivity index (χ2v) is 8.14. The molecule has 3 aliphatic rings. The van der Waals surface area contributed by atoms with Crippen molar-refractivity contribution in [3.8, 4) is 0 Å². The summed E-state index contributed by atoms with van der Waals surface area (Å²) in [5, 5.41) is 3.35. The third-order valence-electron chi connectivity index (χ3n) is 6.17. The lowest BCUT2D eigenvalue weighted by Crippen LogP contribution is -2.53. The molecule has 1 aromatic heterocycles. The Morgan fingerprint density at radius 3 is 2.40 bits per heavy atom. The third kappa shape index (κ3) is 3.03. The summed E-state index contributed by atoms with van der Waals surface area (Å²) in [6.07, 6.45) is 8.07. The van der Waals surface area contributed by atoms with E-state index in [1.54, 1.807) is 0 Å². The van der Waals surface area contributed by atoms with E-state index in [1.807, 2.05) is 0 Å². The van der Waals surface area contributed by atoms with E-state index in [1.165, 1.54) is 37.1 Å². The number of fused-ring (bicyclic) bond motifs is 2. The Hall–Kier alpha value is -1.97. The average molecular weight is 338 g/mol. The van der Waals surface area contributed by atoms with Crippen molar-refractivity contribution >= 4 is 5.82 Å². The molecule has 4 heteroatoms. The van der Waals surface area contributed by atoms with Gasteiger partial charge in [0.25, 0.3) is 0 Å². The zero-order valence-corrected chi connectivity index (χ0v) is 15.5. The van der Waals surface area contributed by atoms with Crippen LogP contribution in [0.5, 0.6) is 0 Å². The van der Waals surface area contributed by atoms with Gasteiger partial charge in [-0.3, -0.25) is 0 Å². The van der Waals surface area contributed by atoms with Gasteiger partial charge in [-0.15, -0.1) is 0 Å². The highest BCUT2D eigenvalue weighted by Gasteiger charge is 2.43. The molecule has 2 atom stereocenters. The number of piperidine rings is 1. The summed E-state index contributed by atoms with van der Waals surface area (Å²) in [5.41, 5.74) is 2.41. The van der Waals surface area contributed by atoms with Crippen molar-refractivity contribution in [1.82, 2.24) is 15.2 Å². The van der Waals surface area contributed by atoms with Gasteiger partial charge < -0.3 is 15.1 Å². The molecule has 0 saturated carbocycles. The molecule has 1 N–H and O–H groups in total. The molecule has 0 aromatic carbocycles. The second-order valence-electron chi connectivity index (χ2n) is 8.14. The number of hydrogen-bond donors (Lipinski definition) is 1. The van der Waals surface area contributed by atoms with Gasteiger partial charge in [-0.2, -0.15) is 0 Å². The van der Waals surface area contributed by atoms with Crippen LogP contribution in [0.3, 0.4) is 0 Å². The molecule has 0 amide bonds. The molecular weight excluding hydrogens is 308 g/mol. The van der Waals surface area contributed by atoms with Gasteiger partial charge in [0.15, 0.2) is 0 Å². The first kappa shape index (κ1) is 16.5. The Kier molecular flexibility index (Phi) is 4.22. The predicted octanol–water partition coefficient (Wildman–Crippen LogP) is 3.99. The first-order chi connectivity index (χ1) is 12.0. The molecule has 2 unspecified atom stereocenters. The largest absolute Gasteiger partial charge is 0.355 e. The fourth-order valence-electron chi connectivity index (χ4n) is 4.80. The molecule has 134 valence electrons. The molecule has 0 radical (unpaired) electrons. The maximum Gasteiger partial charge on any atom is 0.128 e. The maximum atomic E-state index is 4.80. The van der Waals surface area contributed by atoms with Crippen molar-refractivity contribution in [3.63, 3.8) is 0 Å². The van der Waals surface area contributed by atoms with Crippen LogP contribution in [0.1, 0.15) is 57.4 Å². The number of pyridine rings is 1. The highest BCUT2D eigenvalue weighted by molar-refractivity contribution is 5.45. The average Bonchev–Trinajstić information content (AvgIpc) is 2.85. The molecule has 1 aromatic rings. The summed E-state index contributed by atoms with van der Waals surface area (Å²) in [4.78, 5) is 9.87. The number of anilines is 1.